The van der Waals surface area contributed by atoms with E-state index in [1.54, 1.807) is 0 Å². The van der Waals surface area contributed by atoms with Crippen molar-refractivity contribution in [2.45, 2.75) is 168 Å². The highest BCUT2D eigenvalue weighted by Crippen LogP contribution is 2.35. The van der Waals surface area contributed by atoms with Crippen molar-refractivity contribution in [2.24, 2.45) is 0 Å². The first-order chi connectivity index (χ1) is 22.8. The van der Waals surface area contributed by atoms with E-state index in [9.17, 15) is 14.2 Å². The van der Waals surface area contributed by atoms with Crippen LogP contribution in [0.5, 0.6) is 0 Å². The molecule has 0 aliphatic heterocycles. The van der Waals surface area contributed by atoms with Crippen LogP contribution in [-0.2, 0) is 28.2 Å². The molecule has 8 nitrogen and oxygen atoms in total. The first kappa shape index (κ1) is 45.0. The predicted octanol–water partition coefficient (Wildman–Crippen LogP) is 10.8. The summed E-state index contributed by atoms with van der Waals surface area (Å²) in [5.41, 5.74) is 0. The van der Waals surface area contributed by atoms with Crippen LogP contribution in [0.4, 0.5) is 0 Å². The third-order valence-corrected chi connectivity index (χ3v) is 8.09. The molecule has 0 aliphatic rings. The Morgan fingerprint density at radius 2 is 0.979 bits per heavy atom. The van der Waals surface area contributed by atoms with Crippen LogP contribution in [0.2, 0.25) is 0 Å². The third kappa shape index (κ3) is 36.7. The Morgan fingerprint density at radius 3 is 1.49 bits per heavy atom. The van der Waals surface area contributed by atoms with E-state index in [-0.39, 0.29) is 19.4 Å². The van der Waals surface area contributed by atoms with Gasteiger partial charge in [0.2, 0.25) is 0 Å². The van der Waals surface area contributed by atoms with Crippen LogP contribution in [0.25, 0.3) is 0 Å². The highest BCUT2D eigenvalue weighted by atomic mass is 31.2. The van der Waals surface area contributed by atoms with Crippen molar-refractivity contribution < 1.29 is 37.9 Å². The molecule has 0 spiro atoms. The highest BCUT2D eigenvalue weighted by Gasteiger charge is 2.22. The Balaban J connectivity index is 4.09. The zero-order chi connectivity index (χ0) is 34.7. The molecule has 0 aromatic carbocycles. The molecule has 2 N–H and O–H groups in total. The third-order valence-electron chi connectivity index (χ3n) is 7.60. The Morgan fingerprint density at radius 1 is 0.553 bits per heavy atom. The van der Waals surface area contributed by atoms with Gasteiger partial charge in [-0.1, -0.05) is 146 Å². The van der Waals surface area contributed by atoms with Gasteiger partial charge in [-0.2, -0.15) is 0 Å². The summed E-state index contributed by atoms with van der Waals surface area (Å²) in [6, 6.07) is 0. The minimum absolute atomic E-state index is 0.136. The van der Waals surface area contributed by atoms with Crippen molar-refractivity contribution in [2.75, 3.05) is 13.2 Å². The Kier molecular flexibility index (Phi) is 32.5. The van der Waals surface area contributed by atoms with Crippen LogP contribution in [0.3, 0.4) is 0 Å². The molecule has 0 aromatic heterocycles. The van der Waals surface area contributed by atoms with Gasteiger partial charge in [0, 0.05) is 12.8 Å². The summed E-state index contributed by atoms with van der Waals surface area (Å²) in [4.78, 5) is 42.6. The van der Waals surface area contributed by atoms with Crippen molar-refractivity contribution in [3.05, 3.63) is 48.6 Å². The van der Waals surface area contributed by atoms with E-state index in [1.807, 2.05) is 6.08 Å². The van der Waals surface area contributed by atoms with Crippen molar-refractivity contribution in [3.8, 4) is 0 Å². The lowest BCUT2D eigenvalue weighted by atomic mass is 10.0. The lowest BCUT2D eigenvalue weighted by Gasteiger charge is -2.18. The molecule has 47 heavy (non-hydrogen) atoms. The van der Waals surface area contributed by atoms with Gasteiger partial charge in [-0.3, -0.25) is 14.1 Å². The smallest absolute Gasteiger partial charge is 0.462 e. The molecule has 272 valence electrons. The molecule has 0 amide bonds. The largest absolute Gasteiger partial charge is 0.469 e. The Labute approximate surface area is 286 Å². The minimum atomic E-state index is -4.76. The predicted molar refractivity (Wildman–Crippen MR) is 193 cm³/mol. The van der Waals surface area contributed by atoms with Gasteiger partial charge in [0.05, 0.1) is 6.61 Å². The van der Waals surface area contributed by atoms with Gasteiger partial charge >= 0.3 is 19.8 Å². The van der Waals surface area contributed by atoms with Crippen LogP contribution in [-0.4, -0.2) is 41.0 Å². The molecule has 0 rings (SSSR count). The second kappa shape index (κ2) is 33.9. The van der Waals surface area contributed by atoms with E-state index >= 15 is 0 Å². The fourth-order valence-corrected chi connectivity index (χ4v) is 5.20. The van der Waals surface area contributed by atoms with Crippen molar-refractivity contribution in [3.63, 3.8) is 0 Å². The quantitative estimate of drug-likeness (QED) is 0.0304. The number of hydrogen-bond donors (Lipinski definition) is 2. The molecule has 0 heterocycles. The number of phosphoric ester groups is 1. The maximum atomic E-state index is 12.3. The normalized spacial score (nSPS) is 13.0. The number of rotatable bonds is 33. The van der Waals surface area contributed by atoms with Gasteiger partial charge < -0.3 is 19.3 Å². The van der Waals surface area contributed by atoms with Crippen LogP contribution in [0.15, 0.2) is 48.6 Å². The lowest BCUT2D eigenvalue weighted by Crippen LogP contribution is -2.29. The average Bonchev–Trinajstić information content (AvgIpc) is 3.04. The van der Waals surface area contributed by atoms with Gasteiger partial charge in [-0.15, -0.1) is 0 Å². The molecule has 0 unspecified atom stereocenters. The summed E-state index contributed by atoms with van der Waals surface area (Å²) in [6.07, 6.45) is 39.8. The molecule has 9 heteroatoms. The van der Waals surface area contributed by atoms with E-state index in [2.05, 4.69) is 60.9 Å². The fourth-order valence-electron chi connectivity index (χ4n) is 4.83. The van der Waals surface area contributed by atoms with Crippen LogP contribution < -0.4 is 0 Å². The molecule has 0 saturated carbocycles. The zero-order valence-electron chi connectivity index (χ0n) is 29.7. The summed E-state index contributed by atoms with van der Waals surface area (Å²) in [6.45, 7) is 3.59. The maximum Gasteiger partial charge on any atom is 0.469 e. The van der Waals surface area contributed by atoms with Gasteiger partial charge in [-0.05, 0) is 51.4 Å². The maximum absolute atomic E-state index is 12.3. The Bertz CT molecular complexity index is 905. The number of unbranched alkanes of at least 4 members (excludes halogenated alkanes) is 15. The molecule has 0 aliphatic carbocycles. The number of carbonyl (C=O) groups is 2. The molecule has 0 saturated heterocycles. The molecule has 0 radical (unpaired) electrons. The van der Waals surface area contributed by atoms with E-state index in [4.69, 9.17) is 19.3 Å². The Hall–Kier alpha value is -1.99. The highest BCUT2D eigenvalue weighted by molar-refractivity contribution is 7.46. The van der Waals surface area contributed by atoms with Crippen molar-refractivity contribution >= 4 is 19.8 Å². The number of phosphoric acid groups is 1. The van der Waals surface area contributed by atoms with Gasteiger partial charge in [0.25, 0.3) is 0 Å². The summed E-state index contributed by atoms with van der Waals surface area (Å²) in [5, 5.41) is 0. The molecule has 0 fully saturated rings. The number of ether oxygens (including phenoxy) is 2. The molecular formula is C38H67O8P. The number of esters is 2. The second-order valence-electron chi connectivity index (χ2n) is 12.2. The summed E-state index contributed by atoms with van der Waals surface area (Å²) >= 11 is 0. The van der Waals surface area contributed by atoms with Gasteiger partial charge in [0.1, 0.15) is 6.61 Å². The molecule has 0 bridgehead atoms. The van der Waals surface area contributed by atoms with E-state index < -0.39 is 32.5 Å². The first-order valence-electron chi connectivity index (χ1n) is 18.4. The van der Waals surface area contributed by atoms with Crippen molar-refractivity contribution in [1.82, 2.24) is 0 Å². The summed E-state index contributed by atoms with van der Waals surface area (Å²) < 4.78 is 26.2. The number of allylic oxidation sites excluding steroid dienone is 8. The molecule has 1 atom stereocenters. The van der Waals surface area contributed by atoms with Crippen molar-refractivity contribution in [1.29, 1.82) is 0 Å². The van der Waals surface area contributed by atoms with E-state index in [1.165, 1.54) is 83.5 Å². The molecule has 0 aromatic rings. The van der Waals surface area contributed by atoms with E-state index in [0.717, 1.165) is 38.5 Å². The average molecular weight is 683 g/mol. The van der Waals surface area contributed by atoms with Gasteiger partial charge in [-0.25, -0.2) is 4.57 Å². The van der Waals surface area contributed by atoms with Gasteiger partial charge in [0.15, 0.2) is 6.10 Å². The standard InChI is InChI=1S/C38H67O8P/c1-3-5-7-9-11-13-15-17-18-19-20-21-23-25-27-29-31-33-38(40)46-36(35-45-47(41,42)43)34-44-37(39)32-30-28-26-24-22-16-14-12-10-8-6-4-2/h11,13,17-18,20-21,25,27,36H,3-10,12,14-16,19,22-24,26,28-35H2,1-2H3,(H2,41,42,43)/b13-11+,18-17+,21-20+,27-25+/t36-/m1/s1. The molecular weight excluding hydrogens is 615 g/mol. The fraction of sp³-hybridized carbons (Fsp3) is 0.737. The number of hydrogen-bond acceptors (Lipinski definition) is 6. The SMILES string of the molecule is CCCCC/C=C/C/C=C/C/C=C/C/C=C/CCCC(=O)O[C@H](COC(=O)CCCCCCCCCCCCCC)COP(=O)(O)O. The van der Waals surface area contributed by atoms with Crippen LogP contribution in [0.1, 0.15) is 162 Å². The lowest BCUT2D eigenvalue weighted by molar-refractivity contribution is -0.161. The second-order valence-corrected chi connectivity index (χ2v) is 13.4. The van der Waals surface area contributed by atoms with E-state index in [0.29, 0.717) is 12.8 Å². The summed E-state index contributed by atoms with van der Waals surface area (Å²) in [7, 11) is -4.76. The monoisotopic (exact) mass is 682 g/mol. The van der Waals surface area contributed by atoms with Crippen LogP contribution >= 0.6 is 7.82 Å². The van der Waals surface area contributed by atoms with Crippen LogP contribution in [0, 0.1) is 0 Å². The topological polar surface area (TPSA) is 119 Å². The first-order valence-corrected chi connectivity index (χ1v) is 20.0. The summed E-state index contributed by atoms with van der Waals surface area (Å²) in [5.74, 6) is -0.952. The minimum Gasteiger partial charge on any atom is -0.462 e. The zero-order valence-corrected chi connectivity index (χ0v) is 30.6. The number of carbonyl (C=O) groups excluding carboxylic acids is 2.